The molecule has 0 heterocycles. The lowest BCUT2D eigenvalue weighted by Crippen LogP contribution is -2.65. The van der Waals surface area contributed by atoms with E-state index in [4.69, 9.17) is 0 Å². The second-order valence-electron chi connectivity index (χ2n) is 14.6. The van der Waals surface area contributed by atoms with E-state index in [1.807, 2.05) is 6.92 Å². The van der Waals surface area contributed by atoms with Crippen LogP contribution in [0.3, 0.4) is 0 Å². The molecular formula is C30H50O3. The van der Waals surface area contributed by atoms with Crippen LogP contribution < -0.4 is 0 Å². The lowest BCUT2D eigenvalue weighted by molar-refractivity contribution is -0.205. The summed E-state index contributed by atoms with van der Waals surface area (Å²) in [6.45, 7) is 18.1. The number of Topliss-reactive ketones (excluding diaryl/α,β-unsaturated/α-hetero) is 2. The fraction of sp³-hybridized carbons (Fsp3) is 0.933. The van der Waals surface area contributed by atoms with Crippen molar-refractivity contribution in [1.82, 2.24) is 0 Å². The molecule has 0 amide bonds. The Hall–Kier alpha value is -0.700. The van der Waals surface area contributed by atoms with Crippen LogP contribution in [-0.2, 0) is 9.59 Å². The van der Waals surface area contributed by atoms with Crippen molar-refractivity contribution in [3.8, 4) is 0 Å². The van der Waals surface area contributed by atoms with Crippen LogP contribution in [0.1, 0.15) is 120 Å². The molecule has 33 heavy (non-hydrogen) atoms. The normalized spacial score (nSPS) is 46.5. The lowest BCUT2D eigenvalue weighted by Gasteiger charge is -2.68. The molecule has 4 aliphatic rings. The molecule has 4 fully saturated rings. The van der Waals surface area contributed by atoms with Gasteiger partial charge in [-0.3, -0.25) is 9.59 Å². The van der Waals surface area contributed by atoms with E-state index >= 15 is 0 Å². The molecule has 0 aromatic heterocycles. The molecule has 1 unspecified atom stereocenters. The predicted molar refractivity (Wildman–Crippen MR) is 134 cm³/mol. The van der Waals surface area contributed by atoms with Crippen molar-refractivity contribution in [3.63, 3.8) is 0 Å². The van der Waals surface area contributed by atoms with Crippen molar-refractivity contribution in [2.75, 3.05) is 0 Å². The highest BCUT2D eigenvalue weighted by atomic mass is 16.3. The van der Waals surface area contributed by atoms with Gasteiger partial charge in [-0.2, -0.15) is 0 Å². The van der Waals surface area contributed by atoms with Crippen LogP contribution >= 0.6 is 0 Å². The smallest absolute Gasteiger partial charge is 0.138 e. The standard InChI is InChI=1S/C30H50O3/c1-19(2)10-9-14-30(8,33)20-11-16-29(7)25(20)21(31)18-23-27(5)15-13-24(32)26(3,4)22(27)12-17-28(23,29)6/h19-20,22-23,25,33H,9-18H2,1-8H3/t20-,22?,23+,25-,27-,28+,29+,30+/m0/s1. The van der Waals surface area contributed by atoms with Gasteiger partial charge < -0.3 is 5.11 Å². The first-order valence-corrected chi connectivity index (χ1v) is 13.9. The first-order chi connectivity index (χ1) is 15.1. The maximum Gasteiger partial charge on any atom is 0.138 e. The molecule has 0 spiro atoms. The Bertz CT molecular complexity index is 809. The van der Waals surface area contributed by atoms with E-state index in [1.54, 1.807) is 0 Å². The average Bonchev–Trinajstić information content (AvgIpc) is 3.08. The molecule has 1 N–H and O–H groups in total. The van der Waals surface area contributed by atoms with Crippen LogP contribution in [0.15, 0.2) is 0 Å². The molecule has 0 saturated heterocycles. The Morgan fingerprint density at radius 3 is 2.24 bits per heavy atom. The third-order valence-electron chi connectivity index (χ3n) is 12.2. The van der Waals surface area contributed by atoms with Crippen molar-refractivity contribution in [2.45, 2.75) is 125 Å². The molecule has 0 aromatic carbocycles. The molecule has 0 aromatic rings. The van der Waals surface area contributed by atoms with Gasteiger partial charge in [0, 0.05) is 24.2 Å². The van der Waals surface area contributed by atoms with Crippen molar-refractivity contribution in [2.24, 2.45) is 51.2 Å². The summed E-state index contributed by atoms with van der Waals surface area (Å²) in [5, 5.41) is 11.6. The summed E-state index contributed by atoms with van der Waals surface area (Å²) < 4.78 is 0. The lowest BCUT2D eigenvalue weighted by atomic mass is 9.35. The van der Waals surface area contributed by atoms with Gasteiger partial charge in [-0.05, 0) is 85.4 Å². The molecule has 4 saturated carbocycles. The van der Waals surface area contributed by atoms with E-state index in [1.165, 1.54) is 0 Å². The number of carbonyl (C=O) groups excluding carboxylic acids is 2. The molecule has 188 valence electrons. The van der Waals surface area contributed by atoms with Crippen LogP contribution in [-0.4, -0.2) is 22.3 Å². The van der Waals surface area contributed by atoms with Gasteiger partial charge in [-0.15, -0.1) is 0 Å². The fourth-order valence-electron chi connectivity index (χ4n) is 9.99. The Labute approximate surface area is 202 Å². The van der Waals surface area contributed by atoms with Gasteiger partial charge in [-0.25, -0.2) is 0 Å². The number of aliphatic hydroxyl groups is 1. The topological polar surface area (TPSA) is 54.4 Å². The van der Waals surface area contributed by atoms with Gasteiger partial charge in [0.15, 0.2) is 0 Å². The van der Waals surface area contributed by atoms with E-state index < -0.39 is 5.60 Å². The van der Waals surface area contributed by atoms with Gasteiger partial charge in [-0.1, -0.05) is 61.3 Å². The van der Waals surface area contributed by atoms with E-state index in [9.17, 15) is 14.7 Å². The van der Waals surface area contributed by atoms with Crippen LogP contribution in [0.25, 0.3) is 0 Å². The monoisotopic (exact) mass is 458 g/mol. The van der Waals surface area contributed by atoms with Gasteiger partial charge in [0.25, 0.3) is 0 Å². The average molecular weight is 459 g/mol. The maximum absolute atomic E-state index is 14.0. The second-order valence-corrected chi connectivity index (χ2v) is 14.6. The Morgan fingerprint density at radius 2 is 1.61 bits per heavy atom. The zero-order valence-electron chi connectivity index (χ0n) is 22.7. The van der Waals surface area contributed by atoms with Gasteiger partial charge in [0.1, 0.15) is 11.6 Å². The quantitative estimate of drug-likeness (QED) is 0.483. The van der Waals surface area contributed by atoms with Gasteiger partial charge in [0.2, 0.25) is 0 Å². The maximum atomic E-state index is 14.0. The zero-order chi connectivity index (χ0) is 24.6. The zero-order valence-corrected chi connectivity index (χ0v) is 22.7. The Morgan fingerprint density at radius 1 is 0.970 bits per heavy atom. The Kier molecular flexibility index (Phi) is 6.08. The number of hydrogen-bond acceptors (Lipinski definition) is 3. The Balaban J connectivity index is 1.66. The number of carbonyl (C=O) groups is 2. The summed E-state index contributed by atoms with van der Waals surface area (Å²) in [6.07, 6.45) is 9.41. The minimum absolute atomic E-state index is 0.0221. The molecule has 3 nitrogen and oxygen atoms in total. The second kappa shape index (κ2) is 7.90. The first-order valence-electron chi connectivity index (χ1n) is 13.9. The molecule has 8 atom stereocenters. The molecule has 0 bridgehead atoms. The number of ketones is 2. The highest BCUT2D eigenvalue weighted by molar-refractivity contribution is 5.86. The molecule has 4 aliphatic carbocycles. The van der Waals surface area contributed by atoms with Crippen molar-refractivity contribution >= 4 is 11.6 Å². The largest absolute Gasteiger partial charge is 0.390 e. The SMILES string of the molecule is CC(C)CCC[C@@](C)(O)[C@H]1CC[C@]2(C)[C@@H]1C(=O)C[C@@H]1[C@@]3(C)CCC(=O)C(C)(C)C3CC[C@]12C. The third-order valence-corrected chi connectivity index (χ3v) is 12.2. The summed E-state index contributed by atoms with van der Waals surface area (Å²) in [4.78, 5) is 26.8. The highest BCUT2D eigenvalue weighted by Crippen LogP contribution is 2.74. The van der Waals surface area contributed by atoms with Crippen molar-refractivity contribution in [3.05, 3.63) is 0 Å². The number of fused-ring (bicyclic) bond motifs is 5. The van der Waals surface area contributed by atoms with Gasteiger partial charge >= 0.3 is 0 Å². The summed E-state index contributed by atoms with van der Waals surface area (Å²) in [5.74, 6) is 2.23. The van der Waals surface area contributed by atoms with E-state index in [2.05, 4.69) is 48.5 Å². The van der Waals surface area contributed by atoms with E-state index in [0.717, 1.165) is 51.4 Å². The number of rotatable bonds is 5. The molecule has 0 radical (unpaired) electrons. The van der Waals surface area contributed by atoms with Crippen LogP contribution in [0.4, 0.5) is 0 Å². The predicted octanol–water partition coefficient (Wildman–Crippen LogP) is 7.00. The van der Waals surface area contributed by atoms with Crippen LogP contribution in [0.2, 0.25) is 0 Å². The highest BCUT2D eigenvalue weighted by Gasteiger charge is 2.71. The molecular weight excluding hydrogens is 408 g/mol. The van der Waals surface area contributed by atoms with Crippen LogP contribution in [0.5, 0.6) is 0 Å². The van der Waals surface area contributed by atoms with Gasteiger partial charge in [0.05, 0.1) is 5.60 Å². The number of hydrogen-bond donors (Lipinski definition) is 1. The van der Waals surface area contributed by atoms with Crippen molar-refractivity contribution in [1.29, 1.82) is 0 Å². The molecule has 0 aliphatic heterocycles. The fourth-order valence-corrected chi connectivity index (χ4v) is 9.99. The van der Waals surface area contributed by atoms with Crippen LogP contribution in [0, 0.1) is 51.2 Å². The summed E-state index contributed by atoms with van der Waals surface area (Å²) in [7, 11) is 0. The third kappa shape index (κ3) is 3.53. The molecule has 4 rings (SSSR count). The summed E-state index contributed by atoms with van der Waals surface area (Å²) in [5.41, 5.74) is -0.967. The van der Waals surface area contributed by atoms with E-state index in [0.29, 0.717) is 42.2 Å². The van der Waals surface area contributed by atoms with E-state index in [-0.39, 0.29) is 33.5 Å². The van der Waals surface area contributed by atoms with Crippen molar-refractivity contribution < 1.29 is 14.7 Å². The first kappa shape index (κ1) is 25.4. The minimum Gasteiger partial charge on any atom is -0.390 e. The molecule has 3 heteroatoms. The summed E-state index contributed by atoms with van der Waals surface area (Å²) >= 11 is 0. The summed E-state index contributed by atoms with van der Waals surface area (Å²) in [6, 6.07) is 0. The minimum atomic E-state index is -0.767.